The lowest BCUT2D eigenvalue weighted by atomic mass is 10.1. The molecule has 1 aliphatic carbocycles. The fourth-order valence-electron chi connectivity index (χ4n) is 2.64. The van der Waals surface area contributed by atoms with Crippen molar-refractivity contribution in [3.63, 3.8) is 0 Å². The van der Waals surface area contributed by atoms with Crippen LogP contribution in [0.4, 0.5) is 0 Å². The van der Waals surface area contributed by atoms with Crippen molar-refractivity contribution in [3.8, 4) is 0 Å². The fraction of sp³-hybridized carbons (Fsp3) is 0.333. The number of hydrogen-bond donors (Lipinski definition) is 1. The molecule has 1 aromatic heterocycles. The van der Waals surface area contributed by atoms with E-state index in [1.54, 1.807) is 0 Å². The molecule has 0 unspecified atom stereocenters. The zero-order valence-corrected chi connectivity index (χ0v) is 10.3. The van der Waals surface area contributed by atoms with Crippen molar-refractivity contribution in [2.24, 2.45) is 5.73 Å². The quantitative estimate of drug-likeness (QED) is 0.889. The van der Waals surface area contributed by atoms with Gasteiger partial charge < -0.3 is 5.73 Å². The maximum atomic E-state index is 5.57. The molecule has 1 heterocycles. The van der Waals surface area contributed by atoms with Gasteiger partial charge in [0.2, 0.25) is 0 Å². The predicted molar refractivity (Wildman–Crippen MR) is 71.4 cm³/mol. The van der Waals surface area contributed by atoms with E-state index in [0.29, 0.717) is 12.5 Å². The predicted octanol–water partition coefficient (Wildman–Crippen LogP) is 1.86. The molecule has 0 radical (unpaired) electrons. The first kappa shape index (κ1) is 11.4. The third-order valence-corrected chi connectivity index (χ3v) is 3.55. The van der Waals surface area contributed by atoms with Gasteiger partial charge in [0, 0.05) is 24.2 Å². The highest BCUT2D eigenvalue weighted by molar-refractivity contribution is 5.35. The molecule has 3 heteroatoms. The molecule has 2 N–H and O–H groups in total. The molecule has 0 saturated carbocycles. The summed E-state index contributed by atoms with van der Waals surface area (Å²) < 4.78 is 0. The normalized spacial score (nSPS) is 14.7. The first-order valence-electron chi connectivity index (χ1n) is 6.45. The molecular formula is C15H17N3. The summed E-state index contributed by atoms with van der Waals surface area (Å²) >= 11 is 0. The van der Waals surface area contributed by atoms with Gasteiger partial charge in [-0.2, -0.15) is 0 Å². The van der Waals surface area contributed by atoms with Crippen molar-refractivity contribution in [1.29, 1.82) is 0 Å². The van der Waals surface area contributed by atoms with E-state index in [1.165, 1.54) is 11.1 Å². The molecule has 3 nitrogen and oxygen atoms in total. The van der Waals surface area contributed by atoms with Gasteiger partial charge in [0.1, 0.15) is 5.82 Å². The minimum absolute atomic E-state index is 0.431. The molecule has 0 bridgehead atoms. The van der Waals surface area contributed by atoms with Gasteiger partial charge in [0.25, 0.3) is 0 Å². The molecule has 1 aliphatic rings. The minimum Gasteiger partial charge on any atom is -0.330 e. The van der Waals surface area contributed by atoms with Crippen LogP contribution in [-0.4, -0.2) is 16.5 Å². The van der Waals surface area contributed by atoms with Crippen LogP contribution >= 0.6 is 0 Å². The van der Waals surface area contributed by atoms with Crippen LogP contribution in [0.1, 0.15) is 28.6 Å². The van der Waals surface area contributed by atoms with Crippen LogP contribution in [0.3, 0.4) is 0 Å². The molecule has 0 saturated heterocycles. The Morgan fingerprint density at radius 1 is 1.11 bits per heavy atom. The summed E-state index contributed by atoms with van der Waals surface area (Å²) in [6.07, 6.45) is 4.80. The Labute approximate surface area is 107 Å². The number of rotatable bonds is 3. The molecule has 0 amide bonds. The van der Waals surface area contributed by atoms with Gasteiger partial charge in [-0.05, 0) is 36.6 Å². The molecule has 0 fully saturated rings. The van der Waals surface area contributed by atoms with Gasteiger partial charge in [-0.3, -0.25) is 0 Å². The molecular weight excluding hydrogens is 222 g/mol. The highest BCUT2D eigenvalue weighted by Crippen LogP contribution is 2.31. The van der Waals surface area contributed by atoms with E-state index in [9.17, 15) is 0 Å². The highest BCUT2D eigenvalue weighted by atomic mass is 14.9. The summed E-state index contributed by atoms with van der Waals surface area (Å²) in [5, 5.41) is 0. The van der Waals surface area contributed by atoms with Gasteiger partial charge >= 0.3 is 0 Å². The van der Waals surface area contributed by atoms with Gasteiger partial charge in [0.05, 0.1) is 0 Å². The van der Waals surface area contributed by atoms with Crippen LogP contribution in [0.25, 0.3) is 0 Å². The van der Waals surface area contributed by atoms with Crippen molar-refractivity contribution in [2.45, 2.75) is 25.2 Å². The lowest BCUT2D eigenvalue weighted by molar-refractivity contribution is 0.672. The molecule has 18 heavy (non-hydrogen) atoms. The van der Waals surface area contributed by atoms with E-state index in [-0.39, 0.29) is 0 Å². The second-order valence-corrected chi connectivity index (χ2v) is 4.82. The number of hydrogen-bond acceptors (Lipinski definition) is 3. The molecule has 2 aromatic rings. The first-order chi connectivity index (χ1) is 8.86. The van der Waals surface area contributed by atoms with Crippen molar-refractivity contribution < 1.29 is 0 Å². The Morgan fingerprint density at radius 2 is 1.83 bits per heavy atom. The highest BCUT2D eigenvalue weighted by Gasteiger charge is 2.24. The lowest BCUT2D eigenvalue weighted by Crippen LogP contribution is -2.09. The third-order valence-electron chi connectivity index (χ3n) is 3.55. The summed E-state index contributed by atoms with van der Waals surface area (Å²) in [4.78, 5) is 9.07. The molecule has 1 aromatic carbocycles. The zero-order chi connectivity index (χ0) is 12.4. The van der Waals surface area contributed by atoms with Gasteiger partial charge in [-0.15, -0.1) is 0 Å². The van der Waals surface area contributed by atoms with E-state index in [0.717, 1.165) is 30.8 Å². The zero-order valence-electron chi connectivity index (χ0n) is 10.3. The van der Waals surface area contributed by atoms with Crippen molar-refractivity contribution >= 4 is 0 Å². The minimum atomic E-state index is 0.431. The Hall–Kier alpha value is -1.74. The maximum absolute atomic E-state index is 5.57. The number of aromatic nitrogens is 2. The second kappa shape index (κ2) is 4.86. The van der Waals surface area contributed by atoms with E-state index in [1.807, 2.05) is 12.3 Å². The van der Waals surface area contributed by atoms with Crippen molar-refractivity contribution in [2.75, 3.05) is 6.54 Å². The summed E-state index contributed by atoms with van der Waals surface area (Å²) in [6.45, 7) is 0.640. The van der Waals surface area contributed by atoms with Crippen LogP contribution in [0.15, 0.2) is 36.5 Å². The monoisotopic (exact) mass is 239 g/mol. The van der Waals surface area contributed by atoms with Crippen LogP contribution in [-0.2, 0) is 19.3 Å². The topological polar surface area (TPSA) is 51.8 Å². The third kappa shape index (κ3) is 2.14. The SMILES string of the molecule is NCCc1ccnc(C2Cc3ccccc3C2)n1. The lowest BCUT2D eigenvalue weighted by Gasteiger charge is -2.08. The summed E-state index contributed by atoms with van der Waals surface area (Å²) in [5.74, 6) is 1.40. The smallest absolute Gasteiger partial charge is 0.132 e. The van der Waals surface area contributed by atoms with Gasteiger partial charge in [0.15, 0.2) is 0 Å². The number of nitrogens with zero attached hydrogens (tertiary/aromatic N) is 2. The standard InChI is InChI=1S/C15H17N3/c16-7-5-14-6-8-17-15(18-14)13-9-11-3-1-2-4-12(11)10-13/h1-4,6,8,13H,5,7,9-10,16H2. The van der Waals surface area contributed by atoms with Crippen molar-refractivity contribution in [3.05, 3.63) is 59.2 Å². The Balaban J connectivity index is 1.83. The average molecular weight is 239 g/mol. The van der Waals surface area contributed by atoms with E-state index in [4.69, 9.17) is 5.73 Å². The summed E-state index contributed by atoms with van der Waals surface area (Å²) in [5.41, 5.74) is 9.51. The van der Waals surface area contributed by atoms with Crippen LogP contribution in [0.2, 0.25) is 0 Å². The average Bonchev–Trinajstić information content (AvgIpc) is 2.83. The Morgan fingerprint density at radius 3 is 2.50 bits per heavy atom. The largest absolute Gasteiger partial charge is 0.330 e. The maximum Gasteiger partial charge on any atom is 0.132 e. The van der Waals surface area contributed by atoms with Crippen LogP contribution in [0, 0.1) is 0 Å². The Kier molecular flexibility index (Phi) is 3.07. The first-order valence-corrected chi connectivity index (χ1v) is 6.45. The van der Waals surface area contributed by atoms with Gasteiger partial charge in [-0.1, -0.05) is 24.3 Å². The molecule has 0 aliphatic heterocycles. The molecule has 3 rings (SSSR count). The second-order valence-electron chi connectivity index (χ2n) is 4.82. The number of benzene rings is 1. The number of nitrogens with two attached hydrogens (primary N) is 1. The molecule has 92 valence electrons. The Bertz CT molecular complexity index is 526. The summed E-state index contributed by atoms with van der Waals surface area (Å²) in [6, 6.07) is 10.6. The van der Waals surface area contributed by atoms with E-state index >= 15 is 0 Å². The van der Waals surface area contributed by atoms with Crippen molar-refractivity contribution in [1.82, 2.24) is 9.97 Å². The molecule has 0 atom stereocenters. The molecule has 0 spiro atoms. The van der Waals surface area contributed by atoms with E-state index in [2.05, 4.69) is 34.2 Å². The van der Waals surface area contributed by atoms with Crippen LogP contribution in [0.5, 0.6) is 0 Å². The van der Waals surface area contributed by atoms with Crippen LogP contribution < -0.4 is 5.73 Å². The number of fused-ring (bicyclic) bond motifs is 1. The van der Waals surface area contributed by atoms with Gasteiger partial charge in [-0.25, -0.2) is 9.97 Å². The van der Waals surface area contributed by atoms with E-state index < -0.39 is 0 Å². The summed E-state index contributed by atoms with van der Waals surface area (Å²) in [7, 11) is 0. The fourth-order valence-corrected chi connectivity index (χ4v) is 2.64.